The molecule has 2 heterocycles. The van der Waals surface area contributed by atoms with Crippen LogP contribution in [0, 0.1) is 6.92 Å². The van der Waals surface area contributed by atoms with E-state index in [0.717, 1.165) is 22.7 Å². The molecule has 3 rings (SSSR count). The summed E-state index contributed by atoms with van der Waals surface area (Å²) in [6.45, 7) is 3.22. The number of para-hydroxylation sites is 1. The lowest BCUT2D eigenvalue weighted by Gasteiger charge is -2.10. The first-order valence-corrected chi connectivity index (χ1v) is 6.99. The first-order valence-electron chi connectivity index (χ1n) is 6.99. The van der Waals surface area contributed by atoms with Crippen LogP contribution in [0.15, 0.2) is 42.6 Å². The Hall–Kier alpha value is -2.33. The Morgan fingerprint density at radius 3 is 2.86 bits per heavy atom. The highest BCUT2D eigenvalue weighted by Crippen LogP contribution is 2.22. The van der Waals surface area contributed by atoms with Gasteiger partial charge in [-0.25, -0.2) is 0 Å². The van der Waals surface area contributed by atoms with Crippen molar-refractivity contribution in [3.63, 3.8) is 0 Å². The van der Waals surface area contributed by atoms with E-state index in [9.17, 15) is 0 Å². The molecule has 2 N–H and O–H groups in total. The maximum absolute atomic E-state index is 5.86. The molecule has 0 radical (unpaired) electrons. The Bertz CT molecular complexity index is 777. The number of methoxy groups -OCH3 is 1. The zero-order valence-electron chi connectivity index (χ0n) is 12.3. The second-order valence-corrected chi connectivity index (χ2v) is 5.14. The van der Waals surface area contributed by atoms with Crippen LogP contribution >= 0.6 is 0 Å². The van der Waals surface area contributed by atoms with E-state index in [0.29, 0.717) is 13.1 Å². The van der Waals surface area contributed by atoms with Crippen LogP contribution in [0.1, 0.15) is 17.0 Å². The van der Waals surface area contributed by atoms with E-state index in [1.54, 1.807) is 7.11 Å². The first kappa shape index (κ1) is 13.6. The van der Waals surface area contributed by atoms with Crippen molar-refractivity contribution in [2.75, 3.05) is 7.11 Å². The monoisotopic (exact) mass is 281 g/mol. The summed E-state index contributed by atoms with van der Waals surface area (Å²) in [5, 5.41) is 1.21. The lowest BCUT2D eigenvalue weighted by molar-refractivity contribution is 0.413. The highest BCUT2D eigenvalue weighted by molar-refractivity contribution is 5.83. The van der Waals surface area contributed by atoms with Crippen LogP contribution in [0.25, 0.3) is 10.9 Å². The standard InChI is InChI=1S/C17H19N3O/c1-12-8-16(21-2)9-15(19-12)11-20-7-6-13-4-3-5-14(10-18)17(13)20/h3-9H,10-11,18H2,1-2H3. The van der Waals surface area contributed by atoms with Crippen LogP contribution < -0.4 is 10.5 Å². The lowest BCUT2D eigenvalue weighted by Crippen LogP contribution is -2.05. The molecule has 0 atom stereocenters. The van der Waals surface area contributed by atoms with E-state index in [1.807, 2.05) is 25.1 Å². The summed E-state index contributed by atoms with van der Waals surface area (Å²) < 4.78 is 7.51. The van der Waals surface area contributed by atoms with Gasteiger partial charge in [0.25, 0.3) is 0 Å². The maximum Gasteiger partial charge on any atom is 0.122 e. The molecular formula is C17H19N3O. The number of hydrogen-bond donors (Lipinski definition) is 1. The predicted octanol–water partition coefficient (Wildman–Crippen LogP) is 2.86. The number of aromatic nitrogens is 2. The normalized spacial score (nSPS) is 11.0. The summed E-state index contributed by atoms with van der Waals surface area (Å²) in [6, 6.07) is 12.2. The number of benzene rings is 1. The minimum absolute atomic E-state index is 0.534. The van der Waals surface area contributed by atoms with Crippen LogP contribution in [-0.4, -0.2) is 16.7 Å². The molecule has 2 aromatic heterocycles. The third-order valence-electron chi connectivity index (χ3n) is 3.64. The Balaban J connectivity index is 2.04. The van der Waals surface area contributed by atoms with Crippen molar-refractivity contribution in [2.24, 2.45) is 5.73 Å². The topological polar surface area (TPSA) is 53.1 Å². The Morgan fingerprint density at radius 2 is 2.10 bits per heavy atom. The second kappa shape index (κ2) is 5.58. The lowest BCUT2D eigenvalue weighted by atomic mass is 10.1. The van der Waals surface area contributed by atoms with Crippen LogP contribution in [0.2, 0.25) is 0 Å². The number of nitrogens with two attached hydrogens (primary N) is 1. The van der Waals surface area contributed by atoms with Gasteiger partial charge in [0.2, 0.25) is 0 Å². The molecule has 4 nitrogen and oxygen atoms in total. The number of rotatable bonds is 4. The van der Waals surface area contributed by atoms with Crippen molar-refractivity contribution in [3.05, 3.63) is 59.5 Å². The van der Waals surface area contributed by atoms with Gasteiger partial charge in [-0.15, -0.1) is 0 Å². The van der Waals surface area contributed by atoms with Crippen molar-refractivity contribution in [2.45, 2.75) is 20.0 Å². The van der Waals surface area contributed by atoms with Crippen molar-refractivity contribution in [3.8, 4) is 5.75 Å². The highest BCUT2D eigenvalue weighted by Gasteiger charge is 2.08. The second-order valence-electron chi connectivity index (χ2n) is 5.14. The summed E-state index contributed by atoms with van der Waals surface area (Å²) in [7, 11) is 1.68. The number of hydrogen-bond acceptors (Lipinski definition) is 3. The third-order valence-corrected chi connectivity index (χ3v) is 3.64. The van der Waals surface area contributed by atoms with Gasteiger partial charge in [-0.3, -0.25) is 4.98 Å². The zero-order valence-corrected chi connectivity index (χ0v) is 12.3. The quantitative estimate of drug-likeness (QED) is 0.800. The van der Waals surface area contributed by atoms with Gasteiger partial charge in [0, 0.05) is 30.6 Å². The van der Waals surface area contributed by atoms with Crippen LogP contribution in [-0.2, 0) is 13.1 Å². The molecule has 0 saturated heterocycles. The van der Waals surface area contributed by atoms with Crippen molar-refractivity contribution >= 4 is 10.9 Å². The smallest absolute Gasteiger partial charge is 0.122 e. The van der Waals surface area contributed by atoms with Crippen LogP contribution in [0.4, 0.5) is 0 Å². The van der Waals surface area contributed by atoms with Crippen molar-refractivity contribution in [1.29, 1.82) is 0 Å². The maximum atomic E-state index is 5.86. The summed E-state index contributed by atoms with van der Waals surface area (Å²) >= 11 is 0. The molecule has 0 unspecified atom stereocenters. The molecule has 21 heavy (non-hydrogen) atoms. The number of ether oxygens (including phenoxy) is 1. The molecule has 4 heteroatoms. The molecular weight excluding hydrogens is 262 g/mol. The summed E-state index contributed by atoms with van der Waals surface area (Å²) in [5.74, 6) is 0.841. The van der Waals surface area contributed by atoms with Gasteiger partial charge in [0.1, 0.15) is 5.75 Å². The summed E-state index contributed by atoms with van der Waals surface area (Å²) in [4.78, 5) is 4.59. The fourth-order valence-electron chi connectivity index (χ4n) is 2.71. The minimum atomic E-state index is 0.534. The third kappa shape index (κ3) is 2.62. The first-order chi connectivity index (χ1) is 10.2. The largest absolute Gasteiger partial charge is 0.497 e. The molecule has 0 aliphatic carbocycles. The van der Waals surface area contributed by atoms with E-state index in [2.05, 4.69) is 33.9 Å². The van der Waals surface area contributed by atoms with Crippen LogP contribution in [0.3, 0.4) is 0 Å². The number of nitrogens with zero attached hydrogens (tertiary/aromatic N) is 2. The minimum Gasteiger partial charge on any atom is -0.497 e. The van der Waals surface area contributed by atoms with Gasteiger partial charge in [-0.05, 0) is 23.9 Å². The van der Waals surface area contributed by atoms with E-state index in [1.165, 1.54) is 10.9 Å². The van der Waals surface area contributed by atoms with E-state index >= 15 is 0 Å². The Morgan fingerprint density at radius 1 is 1.24 bits per heavy atom. The van der Waals surface area contributed by atoms with Gasteiger partial charge < -0.3 is 15.0 Å². The molecule has 3 aromatic rings. The Labute approximate surface area is 124 Å². The fraction of sp³-hybridized carbons (Fsp3) is 0.235. The average molecular weight is 281 g/mol. The SMILES string of the molecule is COc1cc(C)nc(Cn2ccc3cccc(CN)c32)c1. The van der Waals surface area contributed by atoms with E-state index in [-0.39, 0.29) is 0 Å². The summed E-state index contributed by atoms with van der Waals surface area (Å²) in [5.41, 5.74) is 10.1. The molecule has 1 aromatic carbocycles. The fourth-order valence-corrected chi connectivity index (χ4v) is 2.71. The van der Waals surface area contributed by atoms with E-state index in [4.69, 9.17) is 10.5 Å². The van der Waals surface area contributed by atoms with Gasteiger partial charge in [0.15, 0.2) is 0 Å². The number of pyridine rings is 1. The molecule has 0 spiro atoms. The molecule has 0 aliphatic heterocycles. The average Bonchev–Trinajstić information content (AvgIpc) is 2.90. The highest BCUT2D eigenvalue weighted by atomic mass is 16.5. The number of aryl methyl sites for hydroxylation is 1. The van der Waals surface area contributed by atoms with Crippen molar-refractivity contribution in [1.82, 2.24) is 9.55 Å². The van der Waals surface area contributed by atoms with Gasteiger partial charge in [-0.2, -0.15) is 0 Å². The van der Waals surface area contributed by atoms with Gasteiger partial charge >= 0.3 is 0 Å². The molecule has 0 fully saturated rings. The molecule has 0 amide bonds. The molecule has 0 bridgehead atoms. The zero-order chi connectivity index (χ0) is 14.8. The predicted molar refractivity (Wildman–Crippen MR) is 84.5 cm³/mol. The van der Waals surface area contributed by atoms with Gasteiger partial charge in [0.05, 0.1) is 24.9 Å². The molecule has 0 saturated carbocycles. The van der Waals surface area contributed by atoms with Crippen LogP contribution in [0.5, 0.6) is 5.75 Å². The summed E-state index contributed by atoms with van der Waals surface area (Å²) in [6.07, 6.45) is 2.08. The number of fused-ring (bicyclic) bond motifs is 1. The van der Waals surface area contributed by atoms with E-state index < -0.39 is 0 Å². The van der Waals surface area contributed by atoms with Gasteiger partial charge in [-0.1, -0.05) is 18.2 Å². The molecule has 0 aliphatic rings. The van der Waals surface area contributed by atoms with Crippen molar-refractivity contribution < 1.29 is 4.74 Å². The Kier molecular flexibility index (Phi) is 3.62. The molecule has 108 valence electrons.